The largest absolute Gasteiger partial charge is 0.463 e. The Kier molecular flexibility index (Phi) is 8.59. The van der Waals surface area contributed by atoms with Crippen molar-refractivity contribution in [2.24, 2.45) is 4.99 Å². The van der Waals surface area contributed by atoms with Gasteiger partial charge in [-0.2, -0.15) is 0 Å². The first-order valence-corrected chi connectivity index (χ1v) is 14.5. The molecule has 0 bridgehead atoms. The van der Waals surface area contributed by atoms with Crippen LogP contribution in [0.2, 0.25) is 0 Å². The molecule has 45 heavy (non-hydrogen) atoms. The third-order valence-electron chi connectivity index (χ3n) is 7.02. The number of carbonyl (C=O) groups excluding carboxylic acids is 1. The zero-order valence-corrected chi connectivity index (χ0v) is 25.4. The van der Waals surface area contributed by atoms with Crippen LogP contribution in [-0.2, 0) is 9.53 Å². The van der Waals surface area contributed by atoms with Crippen LogP contribution >= 0.6 is 11.3 Å². The summed E-state index contributed by atoms with van der Waals surface area (Å²) in [5.74, 6) is -0.596. The Morgan fingerprint density at radius 3 is 2.40 bits per heavy atom. The highest BCUT2D eigenvalue weighted by Crippen LogP contribution is 2.36. The van der Waals surface area contributed by atoms with Gasteiger partial charge in [-0.25, -0.2) is 9.79 Å². The second kappa shape index (κ2) is 12.5. The van der Waals surface area contributed by atoms with E-state index in [1.165, 1.54) is 4.57 Å². The van der Waals surface area contributed by atoms with Gasteiger partial charge in [0, 0.05) is 31.4 Å². The van der Waals surface area contributed by atoms with Crippen molar-refractivity contribution in [2.75, 3.05) is 25.6 Å². The first kappa shape index (κ1) is 30.8. The zero-order chi connectivity index (χ0) is 32.4. The van der Waals surface area contributed by atoms with Crippen LogP contribution in [0.25, 0.3) is 6.08 Å². The number of benzene rings is 3. The molecule has 5 rings (SSSR count). The van der Waals surface area contributed by atoms with E-state index >= 15 is 0 Å². The molecule has 0 radical (unpaired) electrons. The molecule has 1 aliphatic heterocycles. The number of rotatable bonds is 9. The van der Waals surface area contributed by atoms with E-state index in [9.17, 15) is 29.8 Å². The number of anilines is 1. The highest BCUT2D eigenvalue weighted by molar-refractivity contribution is 7.07. The Morgan fingerprint density at radius 1 is 1.04 bits per heavy atom. The number of nitro benzene ring substituents is 2. The van der Waals surface area contributed by atoms with Gasteiger partial charge >= 0.3 is 11.7 Å². The van der Waals surface area contributed by atoms with Crippen LogP contribution < -0.4 is 24.5 Å². The molecular formula is C31H27N5O8S. The number of aromatic nitrogens is 1. The summed E-state index contributed by atoms with van der Waals surface area (Å²) in [6.07, 6.45) is 1.58. The maximum atomic E-state index is 14.0. The van der Waals surface area contributed by atoms with Crippen molar-refractivity contribution in [3.8, 4) is 11.5 Å². The van der Waals surface area contributed by atoms with Crippen LogP contribution in [0, 0.1) is 20.2 Å². The monoisotopic (exact) mass is 629 g/mol. The fourth-order valence-electron chi connectivity index (χ4n) is 4.86. The van der Waals surface area contributed by atoms with Gasteiger partial charge in [0.15, 0.2) is 4.80 Å². The van der Waals surface area contributed by atoms with E-state index in [4.69, 9.17) is 9.47 Å². The summed E-state index contributed by atoms with van der Waals surface area (Å²) in [6, 6.07) is 16.4. The van der Waals surface area contributed by atoms with Crippen molar-refractivity contribution in [3.05, 3.63) is 129 Å². The van der Waals surface area contributed by atoms with Crippen molar-refractivity contribution in [3.63, 3.8) is 0 Å². The van der Waals surface area contributed by atoms with Crippen LogP contribution in [0.4, 0.5) is 17.1 Å². The molecule has 230 valence electrons. The number of fused-ring (bicyclic) bond motifs is 1. The molecule has 1 atom stereocenters. The van der Waals surface area contributed by atoms with Gasteiger partial charge in [-0.1, -0.05) is 41.7 Å². The molecule has 2 heterocycles. The van der Waals surface area contributed by atoms with E-state index in [2.05, 4.69) is 4.99 Å². The molecule has 0 amide bonds. The number of non-ortho nitro benzene ring substituents is 1. The summed E-state index contributed by atoms with van der Waals surface area (Å²) >= 11 is 1.12. The van der Waals surface area contributed by atoms with Crippen molar-refractivity contribution >= 4 is 40.4 Å². The fourth-order valence-corrected chi connectivity index (χ4v) is 5.90. The smallest absolute Gasteiger partial charge is 0.338 e. The van der Waals surface area contributed by atoms with Gasteiger partial charge in [0.05, 0.1) is 44.4 Å². The van der Waals surface area contributed by atoms with Crippen LogP contribution in [0.3, 0.4) is 0 Å². The summed E-state index contributed by atoms with van der Waals surface area (Å²) in [5.41, 5.74) is 1.29. The lowest BCUT2D eigenvalue weighted by atomic mass is 9.95. The Hall–Kier alpha value is -5.63. The number of hydrogen-bond donors (Lipinski definition) is 0. The van der Waals surface area contributed by atoms with E-state index in [1.54, 1.807) is 44.2 Å². The maximum absolute atomic E-state index is 14.0. The Labute approximate surface area is 259 Å². The van der Waals surface area contributed by atoms with Gasteiger partial charge in [0.1, 0.15) is 5.75 Å². The Morgan fingerprint density at radius 2 is 1.76 bits per heavy atom. The lowest BCUT2D eigenvalue weighted by Crippen LogP contribution is -2.39. The predicted octanol–water partition coefficient (Wildman–Crippen LogP) is 4.47. The molecule has 14 heteroatoms. The molecule has 0 saturated carbocycles. The minimum atomic E-state index is -0.798. The molecule has 3 aromatic carbocycles. The highest BCUT2D eigenvalue weighted by atomic mass is 32.1. The van der Waals surface area contributed by atoms with Crippen LogP contribution in [0.1, 0.15) is 31.0 Å². The lowest BCUT2D eigenvalue weighted by Gasteiger charge is -2.25. The second-order valence-corrected chi connectivity index (χ2v) is 11.1. The minimum Gasteiger partial charge on any atom is -0.463 e. The molecule has 0 N–H and O–H groups in total. The molecule has 0 saturated heterocycles. The average Bonchev–Trinajstić information content (AvgIpc) is 3.31. The molecule has 0 fully saturated rings. The summed E-state index contributed by atoms with van der Waals surface area (Å²) in [4.78, 5) is 55.4. The quantitative estimate of drug-likeness (QED) is 0.148. The van der Waals surface area contributed by atoms with Crippen LogP contribution in [0.15, 0.2) is 87.8 Å². The first-order valence-electron chi connectivity index (χ1n) is 13.7. The molecule has 1 aliphatic rings. The standard InChI is InChI=1S/C31H27N5O8S/c1-5-43-30(38)27-18(2)32-31-34(28(27)19-10-12-21(13-11-19)33(3)4)29(37)26(45-31)16-20-8-6-7-9-24(20)44-25-15-14-22(35(39)40)17-23(25)36(41)42/h6-17,28H,5H2,1-4H3/b26-16-/t28-/m0/s1. The van der Waals surface area contributed by atoms with Crippen molar-refractivity contribution in [2.45, 2.75) is 19.9 Å². The van der Waals surface area contributed by atoms with Gasteiger partial charge in [0.2, 0.25) is 5.75 Å². The second-order valence-electron chi connectivity index (χ2n) is 10.1. The number of ether oxygens (including phenoxy) is 2. The molecule has 13 nitrogen and oxygen atoms in total. The maximum Gasteiger partial charge on any atom is 0.338 e. The van der Waals surface area contributed by atoms with Crippen LogP contribution in [0.5, 0.6) is 11.5 Å². The number of esters is 1. The fraction of sp³-hybridized carbons (Fsp3) is 0.194. The Balaban J connectivity index is 1.64. The lowest BCUT2D eigenvalue weighted by molar-refractivity contribution is -0.394. The third kappa shape index (κ3) is 6.08. The number of para-hydroxylation sites is 1. The molecule has 0 unspecified atom stereocenters. The normalized spacial score (nSPS) is 14.4. The van der Waals surface area contributed by atoms with Gasteiger partial charge < -0.3 is 14.4 Å². The number of carbonyl (C=O) groups is 1. The van der Waals surface area contributed by atoms with Crippen molar-refractivity contribution < 1.29 is 24.1 Å². The van der Waals surface area contributed by atoms with E-state index in [1.807, 2.05) is 43.3 Å². The van der Waals surface area contributed by atoms with Gasteiger partial charge in [-0.3, -0.25) is 29.6 Å². The van der Waals surface area contributed by atoms with E-state index in [0.29, 0.717) is 21.6 Å². The number of hydrogen-bond acceptors (Lipinski definition) is 11. The average molecular weight is 630 g/mol. The van der Waals surface area contributed by atoms with E-state index < -0.39 is 38.8 Å². The number of nitrogens with zero attached hydrogens (tertiary/aromatic N) is 5. The molecular weight excluding hydrogens is 602 g/mol. The molecule has 0 aliphatic carbocycles. The van der Waals surface area contributed by atoms with E-state index in [-0.39, 0.29) is 28.2 Å². The number of allylic oxidation sites excluding steroid dienone is 1. The number of thiazole rings is 1. The molecule has 4 aromatic rings. The SMILES string of the molecule is CCOC(=O)C1=C(C)N=c2s/c(=C\c3ccccc3Oc3ccc([N+](=O)[O-])cc3[N+](=O)[O-])c(=O)n2[C@H]1c1ccc(N(C)C)cc1. The topological polar surface area (TPSA) is 159 Å². The predicted molar refractivity (Wildman–Crippen MR) is 167 cm³/mol. The van der Waals surface area contributed by atoms with Crippen molar-refractivity contribution in [1.29, 1.82) is 0 Å². The molecule has 0 spiro atoms. The molecule has 1 aromatic heterocycles. The Bertz CT molecular complexity index is 2050. The number of nitro groups is 2. The zero-order valence-electron chi connectivity index (χ0n) is 24.6. The van der Waals surface area contributed by atoms with Crippen LogP contribution in [-0.4, -0.2) is 41.1 Å². The summed E-state index contributed by atoms with van der Waals surface area (Å²) in [6.45, 7) is 3.55. The summed E-state index contributed by atoms with van der Waals surface area (Å²) < 4.78 is 13.0. The van der Waals surface area contributed by atoms with E-state index in [0.717, 1.165) is 35.2 Å². The minimum absolute atomic E-state index is 0.149. The summed E-state index contributed by atoms with van der Waals surface area (Å²) in [7, 11) is 3.82. The third-order valence-corrected chi connectivity index (χ3v) is 8.00. The van der Waals surface area contributed by atoms with Crippen molar-refractivity contribution in [1.82, 2.24) is 4.57 Å². The van der Waals surface area contributed by atoms with Gasteiger partial charge in [-0.15, -0.1) is 0 Å². The highest BCUT2D eigenvalue weighted by Gasteiger charge is 2.33. The van der Waals surface area contributed by atoms with Gasteiger partial charge in [0.25, 0.3) is 11.2 Å². The van der Waals surface area contributed by atoms with Gasteiger partial charge in [-0.05, 0) is 49.8 Å². The summed E-state index contributed by atoms with van der Waals surface area (Å²) in [5, 5.41) is 22.8. The first-order chi connectivity index (χ1) is 21.5.